The van der Waals surface area contributed by atoms with Crippen LogP contribution in [0.4, 0.5) is 9.93 Å². The maximum Gasteiger partial charge on any atom is 0.323 e. The maximum atomic E-state index is 12.3. The minimum absolute atomic E-state index is 0.134. The number of thiazole rings is 1. The zero-order chi connectivity index (χ0) is 21.6. The van der Waals surface area contributed by atoms with Crippen molar-refractivity contribution in [1.29, 1.82) is 0 Å². The number of hydrogen-bond donors (Lipinski definition) is 2. The molecule has 2 aromatic rings. The highest BCUT2D eigenvalue weighted by atomic mass is 32.1. The predicted molar refractivity (Wildman–Crippen MR) is 116 cm³/mol. The van der Waals surface area contributed by atoms with Gasteiger partial charge in [0.05, 0.1) is 25.3 Å². The van der Waals surface area contributed by atoms with E-state index in [9.17, 15) is 9.59 Å². The van der Waals surface area contributed by atoms with Crippen molar-refractivity contribution in [3.8, 4) is 11.5 Å². The van der Waals surface area contributed by atoms with Gasteiger partial charge in [0.2, 0.25) is 5.91 Å². The Bertz CT molecular complexity index is 928. The van der Waals surface area contributed by atoms with Gasteiger partial charge in [0, 0.05) is 31.6 Å². The van der Waals surface area contributed by atoms with Crippen molar-refractivity contribution in [1.82, 2.24) is 15.6 Å². The van der Waals surface area contributed by atoms with E-state index in [4.69, 9.17) is 14.2 Å². The summed E-state index contributed by atoms with van der Waals surface area (Å²) >= 11 is 1.36. The average molecular weight is 447 g/mol. The molecule has 0 aliphatic carbocycles. The van der Waals surface area contributed by atoms with Gasteiger partial charge in [0.1, 0.15) is 6.61 Å². The third-order valence-corrected chi connectivity index (χ3v) is 6.05. The van der Waals surface area contributed by atoms with Crippen LogP contribution in [0.3, 0.4) is 0 Å². The van der Waals surface area contributed by atoms with Gasteiger partial charge in [-0.3, -0.25) is 9.69 Å². The molecule has 2 N–H and O–H groups in total. The topological polar surface area (TPSA) is 102 Å². The number of benzene rings is 1. The van der Waals surface area contributed by atoms with E-state index in [1.165, 1.54) is 11.3 Å². The molecule has 0 bridgehead atoms. The van der Waals surface area contributed by atoms with Crippen LogP contribution in [0.25, 0.3) is 0 Å². The summed E-state index contributed by atoms with van der Waals surface area (Å²) in [5, 5.41) is 8.06. The Morgan fingerprint density at radius 3 is 3.06 bits per heavy atom. The first-order valence-electron chi connectivity index (χ1n) is 10.3. The van der Waals surface area contributed by atoms with Crippen LogP contribution in [-0.4, -0.2) is 56.4 Å². The first-order valence-corrected chi connectivity index (χ1v) is 11.2. The molecule has 0 saturated carbocycles. The fourth-order valence-electron chi connectivity index (χ4n) is 3.48. The second kappa shape index (κ2) is 9.97. The molecule has 10 heteroatoms. The fourth-order valence-corrected chi connectivity index (χ4v) is 4.33. The highest BCUT2D eigenvalue weighted by molar-refractivity contribution is 7.14. The summed E-state index contributed by atoms with van der Waals surface area (Å²) in [5.74, 6) is 1.15. The van der Waals surface area contributed by atoms with Gasteiger partial charge in [-0.2, -0.15) is 0 Å². The number of nitrogens with one attached hydrogen (secondary N) is 2. The second-order valence-electron chi connectivity index (χ2n) is 7.39. The van der Waals surface area contributed by atoms with E-state index in [1.807, 2.05) is 23.6 Å². The van der Waals surface area contributed by atoms with Crippen LogP contribution < -0.4 is 25.0 Å². The first kappa shape index (κ1) is 21.4. The Kier molecular flexibility index (Phi) is 6.88. The molecule has 166 valence electrons. The van der Waals surface area contributed by atoms with E-state index in [2.05, 4.69) is 15.6 Å². The maximum absolute atomic E-state index is 12.3. The highest BCUT2D eigenvalue weighted by Crippen LogP contribution is 2.29. The number of nitrogens with zero attached hydrogens (tertiary/aromatic N) is 2. The van der Waals surface area contributed by atoms with E-state index in [1.54, 1.807) is 12.0 Å². The Morgan fingerprint density at radius 1 is 1.42 bits per heavy atom. The quantitative estimate of drug-likeness (QED) is 0.612. The zero-order valence-corrected chi connectivity index (χ0v) is 18.2. The normalized spacial score (nSPS) is 18.2. The van der Waals surface area contributed by atoms with Gasteiger partial charge in [-0.15, -0.1) is 11.3 Å². The molecule has 4 rings (SSSR count). The van der Waals surface area contributed by atoms with E-state index < -0.39 is 0 Å². The lowest BCUT2D eigenvalue weighted by atomic mass is 10.2. The molecule has 1 unspecified atom stereocenters. The van der Waals surface area contributed by atoms with Crippen LogP contribution in [-0.2, 0) is 22.5 Å². The molecule has 1 aromatic carbocycles. The number of carbonyl (C=O) groups excluding carboxylic acids is 2. The number of anilines is 1. The summed E-state index contributed by atoms with van der Waals surface area (Å²) in [7, 11) is 1.59. The van der Waals surface area contributed by atoms with Crippen LogP contribution >= 0.6 is 11.3 Å². The number of ether oxygens (including phenoxy) is 3. The average Bonchev–Trinajstić information content (AvgIpc) is 3.53. The molecule has 1 aromatic heterocycles. The van der Waals surface area contributed by atoms with E-state index in [0.717, 1.165) is 25.0 Å². The Morgan fingerprint density at radius 2 is 2.32 bits per heavy atom. The van der Waals surface area contributed by atoms with Crippen LogP contribution in [0, 0.1) is 0 Å². The van der Waals surface area contributed by atoms with Crippen molar-refractivity contribution in [3.63, 3.8) is 0 Å². The molecule has 3 amide bonds. The molecule has 2 aliphatic rings. The number of aromatic nitrogens is 1. The number of carbonyl (C=O) groups is 2. The van der Waals surface area contributed by atoms with Crippen molar-refractivity contribution in [2.75, 3.05) is 38.3 Å². The Balaban J connectivity index is 1.27. The minimum atomic E-state index is -0.150. The van der Waals surface area contributed by atoms with Crippen LogP contribution in [0.15, 0.2) is 23.6 Å². The molecule has 0 radical (unpaired) electrons. The lowest BCUT2D eigenvalue weighted by Crippen LogP contribution is -2.27. The molecule has 3 heterocycles. The monoisotopic (exact) mass is 446 g/mol. The lowest BCUT2D eigenvalue weighted by Gasteiger charge is -2.15. The highest BCUT2D eigenvalue weighted by Gasteiger charge is 2.24. The van der Waals surface area contributed by atoms with Crippen LogP contribution in [0.1, 0.15) is 24.1 Å². The van der Waals surface area contributed by atoms with Crippen molar-refractivity contribution in [3.05, 3.63) is 34.8 Å². The summed E-state index contributed by atoms with van der Waals surface area (Å²) in [4.78, 5) is 30.1. The number of hydrogen-bond acceptors (Lipinski definition) is 7. The molecular weight excluding hydrogens is 420 g/mol. The van der Waals surface area contributed by atoms with Gasteiger partial charge < -0.3 is 24.8 Å². The van der Waals surface area contributed by atoms with Crippen molar-refractivity contribution in [2.45, 2.75) is 31.9 Å². The number of methoxy groups -OCH3 is 1. The van der Waals surface area contributed by atoms with Crippen LogP contribution in [0.2, 0.25) is 0 Å². The molecule has 2 aliphatic heterocycles. The van der Waals surface area contributed by atoms with Gasteiger partial charge >= 0.3 is 6.03 Å². The fraction of sp³-hybridized carbons (Fsp3) is 0.476. The lowest BCUT2D eigenvalue weighted by molar-refractivity contribution is -0.120. The molecular formula is C21H26N4O5S. The summed E-state index contributed by atoms with van der Waals surface area (Å²) in [6, 6.07) is 5.46. The molecule has 1 atom stereocenters. The number of amides is 3. The minimum Gasteiger partial charge on any atom is -0.493 e. The summed E-state index contributed by atoms with van der Waals surface area (Å²) in [6.45, 7) is 2.86. The van der Waals surface area contributed by atoms with Gasteiger partial charge in [-0.1, -0.05) is 6.07 Å². The SMILES string of the molecule is COc1cc(CNC(=O)Cc2csc(N3CCNC3=O)n2)ccc1OCC1CCCO1. The van der Waals surface area contributed by atoms with Gasteiger partial charge in [-0.05, 0) is 30.5 Å². The number of rotatable bonds is 9. The van der Waals surface area contributed by atoms with Gasteiger partial charge in [-0.25, -0.2) is 9.78 Å². The standard InChI is InChI=1S/C21H26N4O5S/c1-28-18-9-14(4-5-17(18)30-12-16-3-2-8-29-16)11-23-19(26)10-15-13-31-21(24-15)25-7-6-22-20(25)27/h4-5,9,13,16H,2-3,6-8,10-12H2,1H3,(H,22,27)(H,23,26). The van der Waals surface area contributed by atoms with Gasteiger partial charge in [0.25, 0.3) is 0 Å². The zero-order valence-electron chi connectivity index (χ0n) is 17.4. The molecule has 0 spiro atoms. The molecule has 9 nitrogen and oxygen atoms in total. The molecule has 2 saturated heterocycles. The third-order valence-electron chi connectivity index (χ3n) is 5.14. The Hall–Kier alpha value is -2.85. The summed E-state index contributed by atoms with van der Waals surface area (Å²) in [6.07, 6.45) is 2.37. The summed E-state index contributed by atoms with van der Waals surface area (Å²) in [5.41, 5.74) is 1.55. The second-order valence-corrected chi connectivity index (χ2v) is 8.23. The van der Waals surface area contributed by atoms with E-state index in [0.29, 0.717) is 48.6 Å². The first-order chi connectivity index (χ1) is 15.1. The smallest absolute Gasteiger partial charge is 0.323 e. The van der Waals surface area contributed by atoms with Crippen molar-refractivity contribution < 1.29 is 23.8 Å². The van der Waals surface area contributed by atoms with Crippen molar-refractivity contribution >= 4 is 28.4 Å². The summed E-state index contributed by atoms with van der Waals surface area (Å²) < 4.78 is 16.9. The largest absolute Gasteiger partial charge is 0.493 e. The van der Waals surface area contributed by atoms with Crippen LogP contribution in [0.5, 0.6) is 11.5 Å². The van der Waals surface area contributed by atoms with Gasteiger partial charge in [0.15, 0.2) is 16.6 Å². The van der Waals surface area contributed by atoms with Crippen molar-refractivity contribution in [2.24, 2.45) is 0 Å². The molecule has 2 fully saturated rings. The predicted octanol–water partition coefficient (Wildman–Crippen LogP) is 2.10. The Labute approximate surface area is 184 Å². The van der Waals surface area contributed by atoms with E-state index in [-0.39, 0.29) is 24.5 Å². The third kappa shape index (κ3) is 5.45. The molecule has 31 heavy (non-hydrogen) atoms. The number of urea groups is 1. The van der Waals surface area contributed by atoms with E-state index >= 15 is 0 Å².